The van der Waals surface area contributed by atoms with Crippen molar-refractivity contribution < 1.29 is 5.11 Å². The van der Waals surface area contributed by atoms with Gasteiger partial charge in [0.05, 0.1) is 23.0 Å². The van der Waals surface area contributed by atoms with Crippen molar-refractivity contribution in [2.45, 2.75) is 51.2 Å². The minimum Gasteiger partial charge on any atom is -0.393 e. The Bertz CT molecular complexity index is 363. The Morgan fingerprint density at radius 3 is 3.00 bits per heavy atom. The standard InChI is InChI=1S/C11H17ClN2O/c1-3-14-10(9(12)7-13-14)11(2)5-4-8(15)6-11/h7-8,15H,3-6H2,1-2H3. The summed E-state index contributed by atoms with van der Waals surface area (Å²) < 4.78 is 1.94. The number of aromatic nitrogens is 2. The lowest BCUT2D eigenvalue weighted by atomic mass is 9.85. The van der Waals surface area contributed by atoms with Crippen LogP contribution in [0.2, 0.25) is 5.02 Å². The predicted molar refractivity (Wildman–Crippen MR) is 60.1 cm³/mol. The monoisotopic (exact) mass is 228 g/mol. The predicted octanol–water partition coefficient (Wildman–Crippen LogP) is 2.36. The van der Waals surface area contributed by atoms with E-state index >= 15 is 0 Å². The van der Waals surface area contributed by atoms with E-state index in [-0.39, 0.29) is 11.5 Å². The van der Waals surface area contributed by atoms with Crippen molar-refractivity contribution in [1.29, 1.82) is 0 Å². The van der Waals surface area contributed by atoms with Crippen LogP contribution in [0.1, 0.15) is 38.8 Å². The van der Waals surface area contributed by atoms with Gasteiger partial charge in [0.2, 0.25) is 0 Å². The van der Waals surface area contributed by atoms with Crippen LogP contribution in [0.3, 0.4) is 0 Å². The molecule has 1 fully saturated rings. The number of aliphatic hydroxyl groups is 1. The molecule has 15 heavy (non-hydrogen) atoms. The lowest BCUT2D eigenvalue weighted by Gasteiger charge is -2.25. The first kappa shape index (κ1) is 11.0. The van der Waals surface area contributed by atoms with Crippen molar-refractivity contribution in [3.05, 3.63) is 16.9 Å². The first-order valence-electron chi connectivity index (χ1n) is 5.46. The molecule has 0 aromatic carbocycles. The molecule has 0 bridgehead atoms. The van der Waals surface area contributed by atoms with Gasteiger partial charge in [-0.25, -0.2) is 0 Å². The molecule has 4 heteroatoms. The van der Waals surface area contributed by atoms with E-state index in [0.29, 0.717) is 0 Å². The van der Waals surface area contributed by atoms with Gasteiger partial charge in [-0.2, -0.15) is 5.10 Å². The minimum absolute atomic E-state index is 0.0109. The van der Waals surface area contributed by atoms with Gasteiger partial charge in [0.15, 0.2) is 0 Å². The topological polar surface area (TPSA) is 38.0 Å². The number of hydrogen-bond acceptors (Lipinski definition) is 2. The largest absolute Gasteiger partial charge is 0.393 e. The van der Waals surface area contributed by atoms with Gasteiger partial charge in [0, 0.05) is 12.0 Å². The minimum atomic E-state index is -0.189. The molecular weight excluding hydrogens is 212 g/mol. The maximum Gasteiger partial charge on any atom is 0.0823 e. The van der Waals surface area contributed by atoms with Crippen LogP contribution in [0.15, 0.2) is 6.20 Å². The lowest BCUT2D eigenvalue weighted by Crippen LogP contribution is -2.24. The van der Waals surface area contributed by atoms with Crippen LogP contribution in [0, 0.1) is 0 Å². The fourth-order valence-corrected chi connectivity index (χ4v) is 3.00. The van der Waals surface area contributed by atoms with Crippen LogP contribution in [0.4, 0.5) is 0 Å². The highest BCUT2D eigenvalue weighted by molar-refractivity contribution is 6.31. The molecule has 2 rings (SSSR count). The highest BCUT2D eigenvalue weighted by Gasteiger charge is 2.39. The van der Waals surface area contributed by atoms with E-state index in [9.17, 15) is 5.11 Å². The third-order valence-corrected chi connectivity index (χ3v) is 3.66. The highest BCUT2D eigenvalue weighted by Crippen LogP contribution is 2.43. The van der Waals surface area contributed by atoms with Crippen LogP contribution in [0.25, 0.3) is 0 Å². The van der Waals surface area contributed by atoms with Crippen molar-refractivity contribution in [2.75, 3.05) is 0 Å². The van der Waals surface area contributed by atoms with Crippen LogP contribution in [0.5, 0.6) is 0 Å². The van der Waals surface area contributed by atoms with Gasteiger partial charge in [-0.3, -0.25) is 4.68 Å². The van der Waals surface area contributed by atoms with E-state index in [0.717, 1.165) is 36.5 Å². The highest BCUT2D eigenvalue weighted by atomic mass is 35.5. The van der Waals surface area contributed by atoms with Crippen LogP contribution >= 0.6 is 11.6 Å². The molecular formula is C11H17ClN2O. The Morgan fingerprint density at radius 1 is 1.73 bits per heavy atom. The van der Waals surface area contributed by atoms with Gasteiger partial charge in [0.1, 0.15) is 0 Å². The van der Waals surface area contributed by atoms with Crippen LogP contribution in [-0.2, 0) is 12.0 Å². The zero-order chi connectivity index (χ0) is 11.1. The molecule has 1 aliphatic rings. The zero-order valence-corrected chi connectivity index (χ0v) is 9.96. The first-order valence-corrected chi connectivity index (χ1v) is 5.84. The van der Waals surface area contributed by atoms with E-state index in [1.54, 1.807) is 6.20 Å². The van der Waals surface area contributed by atoms with E-state index in [2.05, 4.69) is 18.9 Å². The molecule has 1 aliphatic carbocycles. The van der Waals surface area contributed by atoms with Crippen molar-refractivity contribution >= 4 is 11.6 Å². The maximum atomic E-state index is 9.65. The Labute approximate surface area is 95.0 Å². The second kappa shape index (κ2) is 3.80. The van der Waals surface area contributed by atoms with Gasteiger partial charge in [-0.1, -0.05) is 18.5 Å². The Balaban J connectivity index is 2.39. The fourth-order valence-electron chi connectivity index (χ4n) is 2.63. The average Bonchev–Trinajstić information content (AvgIpc) is 2.71. The molecule has 2 unspecified atom stereocenters. The van der Waals surface area contributed by atoms with Gasteiger partial charge in [-0.05, 0) is 26.2 Å². The molecule has 1 saturated carbocycles. The quantitative estimate of drug-likeness (QED) is 0.844. The summed E-state index contributed by atoms with van der Waals surface area (Å²) in [5, 5.41) is 14.6. The van der Waals surface area contributed by atoms with Crippen molar-refractivity contribution in [3.8, 4) is 0 Å². The molecule has 0 spiro atoms. The molecule has 1 heterocycles. The van der Waals surface area contributed by atoms with Gasteiger partial charge in [0.25, 0.3) is 0 Å². The first-order chi connectivity index (χ1) is 7.07. The summed E-state index contributed by atoms with van der Waals surface area (Å²) in [6.45, 7) is 5.05. The third-order valence-electron chi connectivity index (χ3n) is 3.38. The Kier molecular flexibility index (Phi) is 2.77. The van der Waals surface area contributed by atoms with Crippen molar-refractivity contribution in [2.24, 2.45) is 0 Å². The number of aryl methyl sites for hydroxylation is 1. The van der Waals surface area contributed by atoms with Crippen LogP contribution in [-0.4, -0.2) is 21.0 Å². The summed E-state index contributed by atoms with van der Waals surface area (Å²) in [7, 11) is 0. The molecule has 1 aromatic rings. The molecule has 0 aliphatic heterocycles. The molecule has 0 radical (unpaired) electrons. The van der Waals surface area contributed by atoms with Crippen molar-refractivity contribution in [1.82, 2.24) is 9.78 Å². The molecule has 0 amide bonds. The Morgan fingerprint density at radius 2 is 2.47 bits per heavy atom. The van der Waals surface area contributed by atoms with E-state index < -0.39 is 0 Å². The summed E-state index contributed by atoms with van der Waals surface area (Å²) >= 11 is 6.18. The number of hydrogen-bond donors (Lipinski definition) is 1. The van der Waals surface area contributed by atoms with Gasteiger partial charge >= 0.3 is 0 Å². The molecule has 84 valence electrons. The Hall–Kier alpha value is -0.540. The van der Waals surface area contributed by atoms with Gasteiger partial charge in [-0.15, -0.1) is 0 Å². The zero-order valence-electron chi connectivity index (χ0n) is 9.20. The smallest absolute Gasteiger partial charge is 0.0823 e. The molecule has 0 saturated heterocycles. The fraction of sp³-hybridized carbons (Fsp3) is 0.727. The summed E-state index contributed by atoms with van der Waals surface area (Å²) in [5.41, 5.74) is 1.08. The summed E-state index contributed by atoms with van der Waals surface area (Å²) in [5.74, 6) is 0. The van der Waals surface area contributed by atoms with E-state index in [1.807, 2.05) is 4.68 Å². The second-order valence-corrected chi connectivity index (χ2v) is 5.02. The SMILES string of the molecule is CCn1ncc(Cl)c1C1(C)CCC(O)C1. The number of nitrogens with zero attached hydrogens (tertiary/aromatic N) is 2. The summed E-state index contributed by atoms with van der Waals surface area (Å²) in [4.78, 5) is 0. The van der Waals surface area contributed by atoms with E-state index in [1.165, 1.54) is 0 Å². The van der Waals surface area contributed by atoms with Gasteiger partial charge < -0.3 is 5.11 Å². The van der Waals surface area contributed by atoms with Crippen molar-refractivity contribution in [3.63, 3.8) is 0 Å². The van der Waals surface area contributed by atoms with E-state index in [4.69, 9.17) is 11.6 Å². The third kappa shape index (κ3) is 1.79. The number of rotatable bonds is 2. The molecule has 1 aromatic heterocycles. The number of aliphatic hydroxyl groups excluding tert-OH is 1. The summed E-state index contributed by atoms with van der Waals surface area (Å²) in [6, 6.07) is 0. The van der Waals surface area contributed by atoms with Crippen LogP contribution < -0.4 is 0 Å². The summed E-state index contributed by atoms with van der Waals surface area (Å²) in [6.07, 6.45) is 4.15. The maximum absolute atomic E-state index is 9.65. The lowest BCUT2D eigenvalue weighted by molar-refractivity contribution is 0.174. The number of halogens is 1. The normalized spacial score (nSPS) is 31.1. The average molecular weight is 229 g/mol. The molecule has 1 N–H and O–H groups in total. The molecule has 3 nitrogen and oxygen atoms in total. The molecule has 2 atom stereocenters. The second-order valence-electron chi connectivity index (χ2n) is 4.61.